The number of benzene rings is 1. The maximum Gasteiger partial charge on any atom is -0.0250 e. The lowest BCUT2D eigenvalue weighted by Gasteiger charge is -2.16. The molecule has 0 saturated heterocycles. The lowest BCUT2D eigenvalue weighted by molar-refractivity contribution is 0.558. The molecule has 0 spiro atoms. The number of unbranched alkanes of at least 4 members (excludes halogenated alkanes) is 1. The van der Waals surface area contributed by atoms with Gasteiger partial charge in [-0.1, -0.05) is 45.7 Å². The molecule has 1 aromatic carbocycles. The van der Waals surface area contributed by atoms with Gasteiger partial charge in [0.25, 0.3) is 0 Å². The lowest BCUT2D eigenvalue weighted by Crippen LogP contribution is -2.04. The van der Waals surface area contributed by atoms with Gasteiger partial charge >= 0.3 is 0 Å². The highest BCUT2D eigenvalue weighted by Gasteiger charge is 2.09. The third kappa shape index (κ3) is 3.87. The first-order valence-corrected chi connectivity index (χ1v) is 7.18. The topological polar surface area (TPSA) is 0 Å². The van der Waals surface area contributed by atoms with Crippen LogP contribution in [0.15, 0.2) is 12.1 Å². The van der Waals surface area contributed by atoms with Crippen molar-refractivity contribution in [3.63, 3.8) is 0 Å². The van der Waals surface area contributed by atoms with Crippen LogP contribution in [0.1, 0.15) is 62.3 Å². The Morgan fingerprint density at radius 3 is 2.41 bits per heavy atom. The predicted molar refractivity (Wildman–Crippen MR) is 77.7 cm³/mol. The Morgan fingerprint density at radius 2 is 1.82 bits per heavy atom. The first-order valence-electron chi connectivity index (χ1n) is 7.18. The average Bonchev–Trinajstić information content (AvgIpc) is 2.32. The number of hydrogen-bond donors (Lipinski definition) is 0. The molecule has 0 heteroatoms. The highest BCUT2D eigenvalue weighted by molar-refractivity contribution is 5.40. The van der Waals surface area contributed by atoms with Gasteiger partial charge < -0.3 is 0 Å². The Labute approximate surface area is 107 Å². The maximum atomic E-state index is 2.35. The quantitative estimate of drug-likeness (QED) is 0.629. The van der Waals surface area contributed by atoms with Gasteiger partial charge in [-0.2, -0.15) is 0 Å². The molecule has 1 atom stereocenters. The summed E-state index contributed by atoms with van der Waals surface area (Å²) in [5.41, 5.74) is 6.20. The largest absolute Gasteiger partial charge is 0.0654 e. The summed E-state index contributed by atoms with van der Waals surface area (Å²) in [5, 5.41) is 0. The van der Waals surface area contributed by atoms with E-state index in [9.17, 15) is 0 Å². The zero-order valence-corrected chi connectivity index (χ0v) is 12.3. The predicted octanol–water partition coefficient (Wildman–Crippen LogP) is 5.23. The highest BCUT2D eigenvalue weighted by atomic mass is 14.1. The normalized spacial score (nSPS) is 12.8. The zero-order chi connectivity index (χ0) is 12.8. The van der Waals surface area contributed by atoms with Crippen LogP contribution in [0.25, 0.3) is 0 Å². The summed E-state index contributed by atoms with van der Waals surface area (Å²) in [6, 6.07) is 4.65. The molecular weight excluding hydrogens is 204 g/mol. The Bertz CT molecular complexity index is 349. The fourth-order valence-electron chi connectivity index (χ4n) is 2.42. The fourth-order valence-corrected chi connectivity index (χ4v) is 2.42. The molecule has 0 aliphatic rings. The lowest BCUT2D eigenvalue weighted by atomic mass is 9.89. The van der Waals surface area contributed by atoms with Gasteiger partial charge in [-0.05, 0) is 61.3 Å². The van der Waals surface area contributed by atoms with E-state index in [0.29, 0.717) is 0 Å². The van der Waals surface area contributed by atoms with Gasteiger partial charge in [0.1, 0.15) is 0 Å². The molecule has 1 rings (SSSR count). The summed E-state index contributed by atoms with van der Waals surface area (Å²) in [6.45, 7) is 11.5. The Morgan fingerprint density at radius 1 is 1.12 bits per heavy atom. The number of aryl methyl sites for hydroxylation is 1. The minimum Gasteiger partial charge on any atom is -0.0654 e. The molecule has 0 radical (unpaired) electrons. The van der Waals surface area contributed by atoms with Crippen LogP contribution in [0.2, 0.25) is 0 Å². The summed E-state index contributed by atoms with van der Waals surface area (Å²) in [5.74, 6) is 0.801. The average molecular weight is 232 g/mol. The van der Waals surface area contributed by atoms with E-state index >= 15 is 0 Å². The van der Waals surface area contributed by atoms with E-state index in [-0.39, 0.29) is 0 Å². The summed E-state index contributed by atoms with van der Waals surface area (Å²) >= 11 is 0. The van der Waals surface area contributed by atoms with Crippen LogP contribution in [0.5, 0.6) is 0 Å². The second-order valence-electron chi connectivity index (χ2n) is 5.47. The standard InChI is InChI=1S/C17H28/c1-6-8-9-17-14(4)10-11-16(15(17)5)12-13(3)7-2/h10-11,13H,6-9,12H2,1-5H3. The van der Waals surface area contributed by atoms with Crippen molar-refractivity contribution in [1.82, 2.24) is 0 Å². The van der Waals surface area contributed by atoms with Gasteiger partial charge in [-0.25, -0.2) is 0 Å². The van der Waals surface area contributed by atoms with Crippen molar-refractivity contribution in [2.75, 3.05) is 0 Å². The summed E-state index contributed by atoms with van der Waals surface area (Å²) in [7, 11) is 0. The molecule has 96 valence electrons. The smallest absolute Gasteiger partial charge is 0.0250 e. The van der Waals surface area contributed by atoms with Crippen molar-refractivity contribution in [2.45, 2.75) is 66.7 Å². The molecule has 17 heavy (non-hydrogen) atoms. The van der Waals surface area contributed by atoms with Crippen molar-refractivity contribution >= 4 is 0 Å². The van der Waals surface area contributed by atoms with Crippen molar-refractivity contribution in [3.05, 3.63) is 34.4 Å². The van der Waals surface area contributed by atoms with E-state index in [1.807, 2.05) is 0 Å². The summed E-state index contributed by atoms with van der Waals surface area (Å²) in [6.07, 6.45) is 6.37. The number of hydrogen-bond acceptors (Lipinski definition) is 0. The summed E-state index contributed by atoms with van der Waals surface area (Å²) < 4.78 is 0. The maximum absolute atomic E-state index is 2.35. The monoisotopic (exact) mass is 232 g/mol. The van der Waals surface area contributed by atoms with Gasteiger partial charge in [-0.3, -0.25) is 0 Å². The third-order valence-corrected chi connectivity index (χ3v) is 3.99. The van der Waals surface area contributed by atoms with Gasteiger partial charge in [0, 0.05) is 0 Å². The fraction of sp³-hybridized carbons (Fsp3) is 0.647. The molecule has 0 fully saturated rings. The molecule has 0 aliphatic heterocycles. The third-order valence-electron chi connectivity index (χ3n) is 3.99. The van der Waals surface area contributed by atoms with Gasteiger partial charge in [0.2, 0.25) is 0 Å². The van der Waals surface area contributed by atoms with Crippen LogP contribution in [-0.2, 0) is 12.8 Å². The van der Waals surface area contributed by atoms with Crippen molar-refractivity contribution in [2.24, 2.45) is 5.92 Å². The van der Waals surface area contributed by atoms with Crippen LogP contribution in [0.3, 0.4) is 0 Å². The molecule has 0 nitrogen and oxygen atoms in total. The number of rotatable bonds is 6. The Kier molecular flexibility index (Phi) is 5.74. The first-order chi connectivity index (χ1) is 8.10. The van der Waals surface area contributed by atoms with Crippen LogP contribution >= 0.6 is 0 Å². The molecule has 1 aromatic rings. The molecule has 0 saturated carbocycles. The van der Waals surface area contributed by atoms with Gasteiger partial charge in [-0.15, -0.1) is 0 Å². The van der Waals surface area contributed by atoms with E-state index in [1.165, 1.54) is 37.7 Å². The van der Waals surface area contributed by atoms with Gasteiger partial charge in [0.15, 0.2) is 0 Å². The molecule has 0 bridgehead atoms. The molecule has 0 aromatic heterocycles. The Balaban J connectivity index is 2.92. The molecule has 0 N–H and O–H groups in total. The van der Waals surface area contributed by atoms with Crippen molar-refractivity contribution in [1.29, 1.82) is 0 Å². The van der Waals surface area contributed by atoms with E-state index in [2.05, 4.69) is 46.8 Å². The molecule has 0 aliphatic carbocycles. The van der Waals surface area contributed by atoms with E-state index in [4.69, 9.17) is 0 Å². The van der Waals surface area contributed by atoms with Crippen molar-refractivity contribution in [3.8, 4) is 0 Å². The zero-order valence-electron chi connectivity index (χ0n) is 12.3. The minimum absolute atomic E-state index is 0.801. The minimum atomic E-state index is 0.801. The van der Waals surface area contributed by atoms with E-state index < -0.39 is 0 Å². The summed E-state index contributed by atoms with van der Waals surface area (Å²) in [4.78, 5) is 0. The molecule has 1 unspecified atom stereocenters. The highest BCUT2D eigenvalue weighted by Crippen LogP contribution is 2.23. The SMILES string of the molecule is CCCCc1c(C)ccc(CC(C)CC)c1C. The van der Waals surface area contributed by atoms with E-state index in [1.54, 1.807) is 16.7 Å². The van der Waals surface area contributed by atoms with Crippen molar-refractivity contribution < 1.29 is 0 Å². The second kappa shape index (κ2) is 6.83. The van der Waals surface area contributed by atoms with Crippen LogP contribution in [-0.4, -0.2) is 0 Å². The molecule has 0 heterocycles. The van der Waals surface area contributed by atoms with Gasteiger partial charge in [0.05, 0.1) is 0 Å². The molecule has 0 amide bonds. The van der Waals surface area contributed by atoms with Crippen LogP contribution in [0, 0.1) is 19.8 Å². The second-order valence-corrected chi connectivity index (χ2v) is 5.47. The van der Waals surface area contributed by atoms with Crippen LogP contribution in [0.4, 0.5) is 0 Å². The molecular formula is C17H28. The van der Waals surface area contributed by atoms with Crippen LogP contribution < -0.4 is 0 Å². The first kappa shape index (κ1) is 14.3. The van der Waals surface area contributed by atoms with E-state index in [0.717, 1.165) is 5.92 Å². The Hall–Kier alpha value is -0.780.